The van der Waals surface area contributed by atoms with Crippen LogP contribution in [-0.4, -0.2) is 48.9 Å². The highest BCUT2D eigenvalue weighted by molar-refractivity contribution is 6.30. The smallest absolute Gasteiger partial charge is 0.220 e. The normalized spacial score (nSPS) is 20.2. The molecule has 1 saturated carbocycles. The molecule has 0 saturated heterocycles. The van der Waals surface area contributed by atoms with Crippen LogP contribution >= 0.6 is 11.6 Å². The first-order chi connectivity index (χ1) is 16.4. The van der Waals surface area contributed by atoms with Gasteiger partial charge in [-0.1, -0.05) is 54.1 Å². The third-order valence-corrected chi connectivity index (χ3v) is 7.27. The summed E-state index contributed by atoms with van der Waals surface area (Å²) in [6, 6.07) is 18.5. The van der Waals surface area contributed by atoms with Crippen molar-refractivity contribution in [3.8, 4) is 0 Å². The van der Waals surface area contributed by atoms with Crippen LogP contribution in [0.25, 0.3) is 0 Å². The molecular formula is C28H38ClN3O2. The fraction of sp³-hybridized carbons (Fsp3) is 0.500. The second-order valence-corrected chi connectivity index (χ2v) is 10.1. The van der Waals surface area contributed by atoms with Crippen LogP contribution in [0.5, 0.6) is 0 Å². The van der Waals surface area contributed by atoms with Crippen molar-refractivity contribution >= 4 is 23.4 Å². The number of amides is 2. The summed E-state index contributed by atoms with van der Waals surface area (Å²) in [5.41, 5.74) is 2.60. The number of carbonyl (C=O) groups excluding carboxylic acids is 2. The molecule has 0 spiro atoms. The Morgan fingerprint density at radius 1 is 0.971 bits per heavy atom. The van der Waals surface area contributed by atoms with Gasteiger partial charge in [0, 0.05) is 36.0 Å². The lowest BCUT2D eigenvalue weighted by Gasteiger charge is -2.45. The molecule has 2 aromatic rings. The zero-order valence-corrected chi connectivity index (χ0v) is 21.2. The van der Waals surface area contributed by atoms with E-state index in [2.05, 4.69) is 47.8 Å². The molecule has 1 aliphatic rings. The lowest BCUT2D eigenvalue weighted by molar-refractivity contribution is -0.127. The third kappa shape index (κ3) is 8.14. The Kier molecular flexibility index (Phi) is 9.97. The van der Waals surface area contributed by atoms with Crippen LogP contribution in [-0.2, 0) is 22.4 Å². The van der Waals surface area contributed by atoms with Gasteiger partial charge in [0.05, 0.1) is 0 Å². The van der Waals surface area contributed by atoms with Crippen molar-refractivity contribution in [1.29, 1.82) is 0 Å². The summed E-state index contributed by atoms with van der Waals surface area (Å²) in [6.07, 6.45) is 7.17. The lowest BCUT2D eigenvalue weighted by atomic mass is 9.75. The summed E-state index contributed by atoms with van der Waals surface area (Å²) in [4.78, 5) is 26.9. The maximum absolute atomic E-state index is 12.4. The molecule has 0 aromatic heterocycles. The molecule has 1 aliphatic carbocycles. The number of nitrogens with one attached hydrogen (secondary N) is 2. The number of benzene rings is 2. The Hall–Kier alpha value is -2.37. The Morgan fingerprint density at radius 3 is 2.32 bits per heavy atom. The van der Waals surface area contributed by atoms with Gasteiger partial charge in [0.1, 0.15) is 0 Å². The molecule has 1 fully saturated rings. The summed E-state index contributed by atoms with van der Waals surface area (Å²) < 4.78 is 0. The largest absolute Gasteiger partial charge is 0.356 e. The molecule has 3 rings (SSSR count). The number of rotatable bonds is 11. The molecular weight excluding hydrogens is 446 g/mol. The van der Waals surface area contributed by atoms with Gasteiger partial charge >= 0.3 is 0 Å². The number of hydrogen-bond donors (Lipinski definition) is 2. The van der Waals surface area contributed by atoms with E-state index in [-0.39, 0.29) is 36.2 Å². The van der Waals surface area contributed by atoms with Crippen molar-refractivity contribution in [1.82, 2.24) is 15.5 Å². The fourth-order valence-corrected chi connectivity index (χ4v) is 5.10. The molecule has 0 unspecified atom stereocenters. The Morgan fingerprint density at radius 2 is 1.65 bits per heavy atom. The highest BCUT2D eigenvalue weighted by Crippen LogP contribution is 2.35. The van der Waals surface area contributed by atoms with Gasteiger partial charge in [-0.3, -0.25) is 9.59 Å². The van der Waals surface area contributed by atoms with E-state index >= 15 is 0 Å². The predicted octanol–water partition coefficient (Wildman–Crippen LogP) is 4.77. The first-order valence-corrected chi connectivity index (χ1v) is 12.8. The Labute approximate surface area is 209 Å². The first-order valence-electron chi connectivity index (χ1n) is 12.4. The van der Waals surface area contributed by atoms with Gasteiger partial charge in [0.2, 0.25) is 11.8 Å². The van der Waals surface area contributed by atoms with Gasteiger partial charge in [-0.05, 0) is 82.3 Å². The molecule has 2 amide bonds. The van der Waals surface area contributed by atoms with Crippen LogP contribution in [0.15, 0.2) is 54.6 Å². The molecule has 5 nitrogen and oxygen atoms in total. The van der Waals surface area contributed by atoms with Crippen molar-refractivity contribution in [3.63, 3.8) is 0 Å². The van der Waals surface area contributed by atoms with Crippen LogP contribution in [0.2, 0.25) is 5.02 Å². The minimum Gasteiger partial charge on any atom is -0.356 e. The van der Waals surface area contributed by atoms with Crippen molar-refractivity contribution < 1.29 is 9.59 Å². The van der Waals surface area contributed by atoms with E-state index < -0.39 is 0 Å². The number of carbonyl (C=O) groups is 2. The number of likely N-dealkylation sites (N-methyl/N-ethyl adjacent to an activating group) is 1. The molecule has 2 N–H and O–H groups in total. The van der Waals surface area contributed by atoms with E-state index in [0.29, 0.717) is 6.54 Å². The van der Waals surface area contributed by atoms with Crippen molar-refractivity contribution in [2.75, 3.05) is 20.6 Å². The van der Waals surface area contributed by atoms with Gasteiger partial charge in [-0.15, -0.1) is 0 Å². The van der Waals surface area contributed by atoms with E-state index in [1.807, 2.05) is 36.4 Å². The van der Waals surface area contributed by atoms with E-state index in [1.165, 1.54) is 11.1 Å². The molecule has 0 bridgehead atoms. The molecule has 0 heterocycles. The Balaban J connectivity index is 1.35. The third-order valence-electron chi connectivity index (χ3n) is 7.04. The van der Waals surface area contributed by atoms with Gasteiger partial charge in [-0.25, -0.2) is 0 Å². The van der Waals surface area contributed by atoms with Crippen LogP contribution in [0.3, 0.4) is 0 Å². The summed E-state index contributed by atoms with van der Waals surface area (Å²) in [7, 11) is 4.28. The summed E-state index contributed by atoms with van der Waals surface area (Å²) in [5, 5.41) is 6.85. The SMILES string of the molecule is CN(C)C1(Cc2cccc(Cl)c2)CCC(NC(=O)CCC(=O)NCCCc2ccccc2)CC1. The van der Waals surface area contributed by atoms with Gasteiger partial charge < -0.3 is 15.5 Å². The molecule has 0 atom stereocenters. The number of nitrogens with zero attached hydrogens (tertiary/aromatic N) is 1. The summed E-state index contributed by atoms with van der Waals surface area (Å²) in [5.74, 6) is -0.0865. The zero-order chi connectivity index (χ0) is 24.4. The van der Waals surface area contributed by atoms with Crippen LogP contribution in [0.4, 0.5) is 0 Å². The monoisotopic (exact) mass is 483 g/mol. The highest BCUT2D eigenvalue weighted by atomic mass is 35.5. The minimum absolute atomic E-state index is 0.0309. The summed E-state index contributed by atoms with van der Waals surface area (Å²) >= 11 is 6.19. The lowest BCUT2D eigenvalue weighted by Crippen LogP contribution is -2.52. The quantitative estimate of drug-likeness (QED) is 0.452. The second kappa shape index (κ2) is 12.9. The Bertz CT molecular complexity index is 924. The molecule has 6 heteroatoms. The fourth-order valence-electron chi connectivity index (χ4n) is 4.89. The molecule has 0 radical (unpaired) electrons. The maximum atomic E-state index is 12.4. The van der Waals surface area contributed by atoms with Crippen molar-refractivity contribution in [2.24, 2.45) is 0 Å². The van der Waals surface area contributed by atoms with Crippen molar-refractivity contribution in [2.45, 2.75) is 69.4 Å². The molecule has 2 aromatic carbocycles. The number of halogens is 1. The van der Waals surface area contributed by atoms with E-state index in [0.717, 1.165) is 50.0 Å². The predicted molar refractivity (Wildman–Crippen MR) is 139 cm³/mol. The van der Waals surface area contributed by atoms with Crippen LogP contribution < -0.4 is 10.6 Å². The number of hydrogen-bond acceptors (Lipinski definition) is 3. The maximum Gasteiger partial charge on any atom is 0.220 e. The van der Waals surface area contributed by atoms with E-state index in [1.54, 1.807) is 0 Å². The van der Waals surface area contributed by atoms with Crippen molar-refractivity contribution in [3.05, 3.63) is 70.7 Å². The van der Waals surface area contributed by atoms with E-state index in [9.17, 15) is 9.59 Å². The average Bonchev–Trinajstić information content (AvgIpc) is 2.82. The van der Waals surface area contributed by atoms with Crippen LogP contribution in [0, 0.1) is 0 Å². The minimum atomic E-state index is -0.0556. The standard InChI is InChI=1S/C28H38ClN3O2/c1-32(2)28(21-23-10-6-12-24(29)20-23)17-15-25(16-18-28)31-27(34)14-13-26(33)30-19-7-11-22-8-4-3-5-9-22/h3-6,8-10,12,20,25H,7,11,13-19,21H2,1-2H3,(H,30,33)(H,31,34). The zero-order valence-electron chi connectivity index (χ0n) is 20.5. The molecule has 184 valence electrons. The second-order valence-electron chi connectivity index (χ2n) is 9.71. The van der Waals surface area contributed by atoms with Gasteiger partial charge in [0.15, 0.2) is 0 Å². The van der Waals surface area contributed by atoms with Gasteiger partial charge in [0.25, 0.3) is 0 Å². The number of aryl methyl sites for hydroxylation is 1. The first kappa shape index (κ1) is 26.2. The average molecular weight is 484 g/mol. The topological polar surface area (TPSA) is 61.4 Å². The highest BCUT2D eigenvalue weighted by Gasteiger charge is 2.37. The summed E-state index contributed by atoms with van der Waals surface area (Å²) in [6.45, 7) is 0.636. The van der Waals surface area contributed by atoms with E-state index in [4.69, 9.17) is 11.6 Å². The molecule has 0 aliphatic heterocycles. The molecule has 34 heavy (non-hydrogen) atoms. The van der Waals surface area contributed by atoms with Crippen LogP contribution in [0.1, 0.15) is 56.1 Å². The van der Waals surface area contributed by atoms with Gasteiger partial charge in [-0.2, -0.15) is 0 Å².